The summed E-state index contributed by atoms with van der Waals surface area (Å²) in [6.45, 7) is 2.15. The van der Waals surface area contributed by atoms with Gasteiger partial charge in [0.1, 0.15) is 18.9 Å². The molecule has 170 valence electrons. The van der Waals surface area contributed by atoms with E-state index in [1.54, 1.807) is 0 Å². The molecule has 0 unspecified atom stereocenters. The molecule has 3 aromatic rings. The second-order valence-corrected chi connectivity index (χ2v) is 8.71. The number of aromatic amines is 1. The zero-order chi connectivity index (χ0) is 22.6. The maximum atomic E-state index is 9.22. The lowest BCUT2D eigenvalue weighted by atomic mass is 10.1. The molecule has 3 rings (SSSR count). The van der Waals surface area contributed by atoms with Crippen LogP contribution in [-0.4, -0.2) is 47.3 Å². The van der Waals surface area contributed by atoms with E-state index >= 15 is 0 Å². The molecule has 0 aliphatic carbocycles. The number of pyridine rings is 1. The Hall–Kier alpha value is -2.61. The predicted molar refractivity (Wildman–Crippen MR) is 131 cm³/mol. The Morgan fingerprint density at radius 2 is 1.78 bits per heavy atom. The molecule has 2 heterocycles. The summed E-state index contributed by atoms with van der Waals surface area (Å²) in [5, 5.41) is 18.4. The Morgan fingerprint density at radius 1 is 1.00 bits per heavy atom. The summed E-state index contributed by atoms with van der Waals surface area (Å²) < 4.78 is 4.43. The van der Waals surface area contributed by atoms with Gasteiger partial charge in [-0.1, -0.05) is 12.1 Å². The zero-order valence-electron chi connectivity index (χ0n) is 18.7. The van der Waals surface area contributed by atoms with Gasteiger partial charge in [0, 0.05) is 43.4 Å². The van der Waals surface area contributed by atoms with Crippen molar-refractivity contribution in [1.29, 1.82) is 0 Å². The van der Waals surface area contributed by atoms with Crippen LogP contribution in [0.25, 0.3) is 12.2 Å². The van der Waals surface area contributed by atoms with E-state index in [2.05, 4.69) is 69.8 Å². The van der Waals surface area contributed by atoms with Gasteiger partial charge in [-0.15, -0.1) is 11.8 Å². The van der Waals surface area contributed by atoms with Gasteiger partial charge in [0.2, 0.25) is 5.69 Å². The van der Waals surface area contributed by atoms with Crippen molar-refractivity contribution in [3.05, 3.63) is 78.1 Å². The highest BCUT2D eigenvalue weighted by molar-refractivity contribution is 7.98. The zero-order valence-corrected chi connectivity index (χ0v) is 19.5. The molecule has 0 saturated heterocycles. The minimum Gasteiger partial charge on any atom is -0.395 e. The van der Waals surface area contributed by atoms with Crippen LogP contribution in [0.1, 0.15) is 23.5 Å². The van der Waals surface area contributed by atoms with E-state index in [1.807, 2.05) is 41.2 Å². The predicted octanol–water partition coefficient (Wildman–Crippen LogP) is 2.41. The summed E-state index contributed by atoms with van der Waals surface area (Å²) in [6, 6.07) is 14.5. The van der Waals surface area contributed by atoms with Gasteiger partial charge >= 0.3 is 0 Å². The Kier molecular flexibility index (Phi) is 9.81. The minimum atomic E-state index is 0.0682. The van der Waals surface area contributed by atoms with Gasteiger partial charge in [-0.05, 0) is 35.6 Å². The molecule has 0 radical (unpaired) electrons. The maximum absolute atomic E-state index is 9.22. The first-order valence-corrected chi connectivity index (χ1v) is 12.2. The molecule has 0 atom stereocenters. The molecular formula is C25H34N4O2S+2. The third-order valence-corrected chi connectivity index (χ3v) is 6.38. The molecule has 0 fully saturated rings. The van der Waals surface area contributed by atoms with Crippen LogP contribution >= 0.6 is 11.8 Å². The van der Waals surface area contributed by atoms with E-state index in [4.69, 9.17) is 0 Å². The third kappa shape index (κ3) is 7.22. The number of aryl methyl sites for hydroxylation is 2. The minimum absolute atomic E-state index is 0.0682. The van der Waals surface area contributed by atoms with E-state index in [9.17, 15) is 10.2 Å². The number of anilines is 1. The SMILES string of the molecule is C[n+]1cc[nH]c1CSCCC[n+]1ccccc1/C=C/c1ccc(N(CCO)CCO)cc1. The normalized spacial score (nSPS) is 11.3. The molecule has 0 amide bonds. The van der Waals surface area contributed by atoms with Crippen LogP contribution in [0.4, 0.5) is 5.69 Å². The summed E-state index contributed by atoms with van der Waals surface area (Å²) in [7, 11) is 2.07. The topological polar surface area (TPSA) is 67.2 Å². The number of imidazole rings is 1. The molecule has 7 heteroatoms. The number of hydrogen-bond acceptors (Lipinski definition) is 4. The van der Waals surface area contributed by atoms with Crippen molar-refractivity contribution < 1.29 is 19.3 Å². The Bertz CT molecular complexity index is 966. The van der Waals surface area contributed by atoms with E-state index in [-0.39, 0.29) is 13.2 Å². The number of benzene rings is 1. The fourth-order valence-corrected chi connectivity index (χ4v) is 4.48. The number of hydrogen-bond donors (Lipinski definition) is 3. The first-order valence-electron chi connectivity index (χ1n) is 11.0. The van der Waals surface area contributed by atoms with Crippen molar-refractivity contribution in [2.45, 2.75) is 18.7 Å². The molecular weight excluding hydrogens is 420 g/mol. The van der Waals surface area contributed by atoms with Crippen LogP contribution in [0.15, 0.2) is 61.1 Å². The van der Waals surface area contributed by atoms with Crippen molar-refractivity contribution in [2.24, 2.45) is 7.05 Å². The molecule has 2 aromatic heterocycles. The second kappa shape index (κ2) is 13.1. The van der Waals surface area contributed by atoms with Crippen molar-refractivity contribution in [3.63, 3.8) is 0 Å². The number of nitrogens with zero attached hydrogens (tertiary/aromatic N) is 3. The van der Waals surface area contributed by atoms with E-state index in [0.717, 1.165) is 35.7 Å². The lowest BCUT2D eigenvalue weighted by Gasteiger charge is -2.22. The van der Waals surface area contributed by atoms with Crippen LogP contribution in [0.3, 0.4) is 0 Å². The fourth-order valence-electron chi connectivity index (χ4n) is 3.52. The van der Waals surface area contributed by atoms with Gasteiger partial charge in [0.05, 0.1) is 26.0 Å². The quantitative estimate of drug-likeness (QED) is 0.274. The number of aliphatic hydroxyl groups excluding tert-OH is 2. The number of aromatic nitrogens is 3. The highest BCUT2D eigenvalue weighted by Gasteiger charge is 2.09. The standard InChI is InChI=1S/C25H33N4O2S/c1-27-15-12-26-25(27)21-32-20-4-14-28-13-3-2-5-23(28)9-6-22-7-10-24(11-8-22)29(16-18-30)17-19-31/h2-3,5-13,15,30-31H,4,14,16-21H2,1H3/q+1/p+1. The monoisotopic (exact) mass is 454 g/mol. The van der Waals surface area contributed by atoms with Crippen LogP contribution < -0.4 is 14.0 Å². The van der Waals surface area contributed by atoms with Crippen molar-refractivity contribution >= 4 is 29.6 Å². The summed E-state index contributed by atoms with van der Waals surface area (Å²) in [5.41, 5.74) is 3.30. The van der Waals surface area contributed by atoms with Gasteiger partial charge in [-0.3, -0.25) is 0 Å². The van der Waals surface area contributed by atoms with E-state index < -0.39 is 0 Å². The molecule has 0 spiro atoms. The fraction of sp³-hybridized carbons (Fsp3) is 0.360. The van der Waals surface area contributed by atoms with Crippen molar-refractivity contribution in [3.8, 4) is 0 Å². The highest BCUT2D eigenvalue weighted by atomic mass is 32.2. The molecule has 0 saturated carbocycles. The Balaban J connectivity index is 1.54. The third-order valence-electron chi connectivity index (χ3n) is 5.32. The van der Waals surface area contributed by atoms with Gasteiger partial charge in [0.15, 0.2) is 6.20 Å². The lowest BCUT2D eigenvalue weighted by Crippen LogP contribution is -2.36. The number of thioether (sulfide) groups is 1. The summed E-state index contributed by atoms with van der Waals surface area (Å²) >= 11 is 1.95. The Morgan fingerprint density at radius 3 is 2.47 bits per heavy atom. The number of rotatable bonds is 13. The molecule has 0 bridgehead atoms. The second-order valence-electron chi connectivity index (χ2n) is 7.60. The summed E-state index contributed by atoms with van der Waals surface area (Å²) in [6.07, 6.45) is 11.5. The first kappa shape index (κ1) is 24.0. The van der Waals surface area contributed by atoms with Gasteiger partial charge in [-0.2, -0.15) is 4.57 Å². The molecule has 0 aliphatic heterocycles. The van der Waals surface area contributed by atoms with E-state index in [1.165, 1.54) is 11.5 Å². The molecule has 1 aromatic carbocycles. The van der Waals surface area contributed by atoms with Gasteiger partial charge in [0.25, 0.3) is 5.82 Å². The van der Waals surface area contributed by atoms with Crippen molar-refractivity contribution in [2.75, 3.05) is 37.0 Å². The average molecular weight is 455 g/mol. The number of aliphatic hydroxyl groups is 2. The molecule has 3 N–H and O–H groups in total. The van der Waals surface area contributed by atoms with Crippen molar-refractivity contribution in [1.82, 2.24) is 4.98 Å². The summed E-state index contributed by atoms with van der Waals surface area (Å²) in [4.78, 5) is 5.26. The van der Waals surface area contributed by atoms with Crippen LogP contribution in [0, 0.1) is 0 Å². The van der Waals surface area contributed by atoms with Gasteiger partial charge in [-0.25, -0.2) is 9.55 Å². The highest BCUT2D eigenvalue weighted by Crippen LogP contribution is 2.16. The van der Waals surface area contributed by atoms with Crippen LogP contribution in [-0.2, 0) is 19.3 Å². The summed E-state index contributed by atoms with van der Waals surface area (Å²) in [5.74, 6) is 3.36. The average Bonchev–Trinajstić information content (AvgIpc) is 3.23. The maximum Gasteiger partial charge on any atom is 0.264 e. The van der Waals surface area contributed by atoms with E-state index in [0.29, 0.717) is 13.1 Å². The van der Waals surface area contributed by atoms with Crippen LogP contribution in [0.2, 0.25) is 0 Å². The Labute approximate surface area is 194 Å². The largest absolute Gasteiger partial charge is 0.395 e. The lowest BCUT2D eigenvalue weighted by molar-refractivity contribution is -0.698. The number of H-pyrrole nitrogens is 1. The first-order chi connectivity index (χ1) is 15.7. The molecule has 6 nitrogen and oxygen atoms in total. The van der Waals surface area contributed by atoms with Crippen LogP contribution in [0.5, 0.6) is 0 Å². The smallest absolute Gasteiger partial charge is 0.264 e. The van der Waals surface area contributed by atoms with Gasteiger partial charge < -0.3 is 15.1 Å². The molecule has 32 heavy (non-hydrogen) atoms. The number of nitrogens with one attached hydrogen (secondary N) is 1. The molecule has 0 aliphatic rings.